The number of rotatable bonds is 3. The Labute approximate surface area is 135 Å². The summed E-state index contributed by atoms with van der Waals surface area (Å²) < 4.78 is 27.5. The molecule has 5 nitrogen and oxygen atoms in total. The number of aromatic carboxylic acids is 1. The van der Waals surface area contributed by atoms with E-state index in [4.69, 9.17) is 5.11 Å². The third-order valence-electron chi connectivity index (χ3n) is 4.27. The summed E-state index contributed by atoms with van der Waals surface area (Å²) in [4.78, 5) is 11.3. The molecule has 6 heteroatoms. The Hall–Kier alpha value is -1.92. The number of carboxylic acid groups (broad SMARTS) is 1. The van der Waals surface area contributed by atoms with Gasteiger partial charge >= 0.3 is 5.97 Å². The predicted octanol–water partition coefficient (Wildman–Crippen LogP) is 3.10. The van der Waals surface area contributed by atoms with Crippen LogP contribution in [0, 0.1) is 0 Å². The van der Waals surface area contributed by atoms with E-state index in [0.717, 1.165) is 25.7 Å². The highest BCUT2D eigenvalue weighted by atomic mass is 32.2. The number of hydrogen-bond acceptors (Lipinski definition) is 3. The Kier molecular flexibility index (Phi) is 4.37. The van der Waals surface area contributed by atoms with Gasteiger partial charge in [0, 0.05) is 18.5 Å². The smallest absolute Gasteiger partial charge is 0.335 e. The Morgan fingerprint density at radius 3 is 2.35 bits per heavy atom. The van der Waals surface area contributed by atoms with E-state index < -0.39 is 16.0 Å². The monoisotopic (exact) mass is 333 g/mol. The molecular formula is C17H19NO4S. The van der Waals surface area contributed by atoms with E-state index in [1.165, 1.54) is 12.1 Å². The van der Waals surface area contributed by atoms with Gasteiger partial charge in [-0.05, 0) is 36.4 Å². The van der Waals surface area contributed by atoms with Crippen molar-refractivity contribution in [2.24, 2.45) is 0 Å². The third kappa shape index (κ3) is 3.09. The van der Waals surface area contributed by atoms with Gasteiger partial charge in [0.15, 0.2) is 0 Å². The standard InChI is InChI=1S/C17H19NO4S/c19-17(20)14-8-9-15-13(12-14)6-5-7-16(15)23(21,22)18-10-3-1-2-4-11-18/h5-9,12H,1-4,10-11H2,(H,19,20). The molecule has 1 saturated heterocycles. The molecule has 0 unspecified atom stereocenters. The molecule has 0 amide bonds. The van der Waals surface area contributed by atoms with E-state index in [-0.39, 0.29) is 10.5 Å². The summed E-state index contributed by atoms with van der Waals surface area (Å²) in [5, 5.41) is 10.3. The lowest BCUT2D eigenvalue weighted by Crippen LogP contribution is -2.32. The number of hydrogen-bond donors (Lipinski definition) is 1. The molecule has 1 fully saturated rings. The normalized spacial score (nSPS) is 17.0. The van der Waals surface area contributed by atoms with Gasteiger partial charge in [0.25, 0.3) is 0 Å². The molecule has 2 aromatic rings. The first kappa shape index (κ1) is 16.0. The van der Waals surface area contributed by atoms with Gasteiger partial charge in [-0.3, -0.25) is 0 Å². The molecule has 0 aliphatic carbocycles. The van der Waals surface area contributed by atoms with Crippen LogP contribution in [0.15, 0.2) is 41.3 Å². The second-order valence-electron chi connectivity index (χ2n) is 5.82. The Morgan fingerprint density at radius 2 is 1.70 bits per heavy atom. The number of benzene rings is 2. The van der Waals surface area contributed by atoms with Crippen molar-refractivity contribution >= 4 is 26.8 Å². The Balaban J connectivity index is 2.09. The van der Waals surface area contributed by atoms with Gasteiger partial charge in [0.05, 0.1) is 10.5 Å². The molecule has 0 aromatic heterocycles. The number of fused-ring (bicyclic) bond motifs is 1. The van der Waals surface area contributed by atoms with Crippen molar-refractivity contribution in [2.45, 2.75) is 30.6 Å². The molecule has 0 saturated carbocycles. The van der Waals surface area contributed by atoms with Gasteiger partial charge in [-0.25, -0.2) is 13.2 Å². The van der Waals surface area contributed by atoms with Crippen LogP contribution >= 0.6 is 0 Å². The highest BCUT2D eigenvalue weighted by Crippen LogP contribution is 2.28. The largest absolute Gasteiger partial charge is 0.478 e. The van der Waals surface area contributed by atoms with Gasteiger partial charge in [0.1, 0.15) is 0 Å². The molecule has 1 N–H and O–H groups in total. The highest BCUT2D eigenvalue weighted by molar-refractivity contribution is 7.89. The SMILES string of the molecule is O=C(O)c1ccc2c(S(=O)(=O)N3CCCCCC3)cccc2c1. The van der Waals surface area contributed by atoms with Crippen LogP contribution in [-0.4, -0.2) is 36.9 Å². The molecule has 122 valence electrons. The van der Waals surface area contributed by atoms with E-state index in [0.29, 0.717) is 23.9 Å². The number of sulfonamides is 1. The molecule has 1 aliphatic rings. The van der Waals surface area contributed by atoms with E-state index in [2.05, 4.69) is 0 Å². The topological polar surface area (TPSA) is 74.7 Å². The molecule has 3 rings (SSSR count). The maximum atomic E-state index is 13.0. The lowest BCUT2D eigenvalue weighted by molar-refractivity contribution is 0.0697. The van der Waals surface area contributed by atoms with Crippen LogP contribution in [0.4, 0.5) is 0 Å². The molecule has 1 heterocycles. The van der Waals surface area contributed by atoms with Crippen molar-refractivity contribution in [1.82, 2.24) is 4.31 Å². The fraction of sp³-hybridized carbons (Fsp3) is 0.353. The summed E-state index contributed by atoms with van der Waals surface area (Å²) in [6, 6.07) is 9.56. The van der Waals surface area contributed by atoms with Crippen LogP contribution in [0.3, 0.4) is 0 Å². The average molecular weight is 333 g/mol. The molecule has 0 radical (unpaired) electrons. The minimum Gasteiger partial charge on any atom is -0.478 e. The highest BCUT2D eigenvalue weighted by Gasteiger charge is 2.26. The van der Waals surface area contributed by atoms with Crippen LogP contribution in [0.2, 0.25) is 0 Å². The Morgan fingerprint density at radius 1 is 1.00 bits per heavy atom. The maximum Gasteiger partial charge on any atom is 0.335 e. The van der Waals surface area contributed by atoms with Gasteiger partial charge in [-0.15, -0.1) is 0 Å². The molecule has 2 aromatic carbocycles. The molecule has 23 heavy (non-hydrogen) atoms. The second kappa shape index (κ2) is 6.29. The van der Waals surface area contributed by atoms with Crippen LogP contribution in [0.5, 0.6) is 0 Å². The summed E-state index contributed by atoms with van der Waals surface area (Å²) in [5.41, 5.74) is 0.154. The molecule has 0 spiro atoms. The molecular weight excluding hydrogens is 314 g/mol. The number of carboxylic acids is 1. The van der Waals surface area contributed by atoms with Crippen molar-refractivity contribution in [3.63, 3.8) is 0 Å². The quantitative estimate of drug-likeness (QED) is 0.936. The van der Waals surface area contributed by atoms with Crippen molar-refractivity contribution in [2.75, 3.05) is 13.1 Å². The van der Waals surface area contributed by atoms with E-state index in [1.807, 2.05) is 0 Å². The summed E-state index contributed by atoms with van der Waals surface area (Å²) in [7, 11) is -3.56. The van der Waals surface area contributed by atoms with Gasteiger partial charge in [0.2, 0.25) is 10.0 Å². The first-order valence-electron chi connectivity index (χ1n) is 7.76. The zero-order valence-electron chi connectivity index (χ0n) is 12.7. The van der Waals surface area contributed by atoms with Crippen molar-refractivity contribution in [1.29, 1.82) is 0 Å². The van der Waals surface area contributed by atoms with E-state index in [9.17, 15) is 13.2 Å². The predicted molar refractivity (Wildman–Crippen MR) is 88.1 cm³/mol. The van der Waals surface area contributed by atoms with Crippen molar-refractivity contribution in [3.8, 4) is 0 Å². The zero-order valence-corrected chi connectivity index (χ0v) is 13.6. The van der Waals surface area contributed by atoms with Crippen LogP contribution in [0.25, 0.3) is 10.8 Å². The summed E-state index contributed by atoms with van der Waals surface area (Å²) in [5.74, 6) is -1.02. The second-order valence-corrected chi connectivity index (χ2v) is 7.72. The van der Waals surface area contributed by atoms with Crippen molar-refractivity contribution < 1.29 is 18.3 Å². The van der Waals surface area contributed by atoms with Gasteiger partial charge in [-0.1, -0.05) is 31.0 Å². The van der Waals surface area contributed by atoms with E-state index in [1.54, 1.807) is 28.6 Å². The number of nitrogens with zero attached hydrogens (tertiary/aromatic N) is 1. The fourth-order valence-electron chi connectivity index (χ4n) is 3.03. The minimum absolute atomic E-state index is 0.154. The average Bonchev–Trinajstić information content (AvgIpc) is 2.83. The third-order valence-corrected chi connectivity index (χ3v) is 6.23. The summed E-state index contributed by atoms with van der Waals surface area (Å²) in [6.45, 7) is 1.10. The molecule has 0 bridgehead atoms. The fourth-order valence-corrected chi connectivity index (χ4v) is 4.76. The van der Waals surface area contributed by atoms with Gasteiger partial charge < -0.3 is 5.11 Å². The van der Waals surface area contributed by atoms with Gasteiger partial charge in [-0.2, -0.15) is 4.31 Å². The Bertz CT molecular complexity index is 837. The summed E-state index contributed by atoms with van der Waals surface area (Å²) in [6.07, 6.45) is 3.88. The van der Waals surface area contributed by atoms with E-state index >= 15 is 0 Å². The van der Waals surface area contributed by atoms with Crippen LogP contribution in [-0.2, 0) is 10.0 Å². The first-order valence-corrected chi connectivity index (χ1v) is 9.20. The van der Waals surface area contributed by atoms with Crippen LogP contribution < -0.4 is 0 Å². The summed E-state index contributed by atoms with van der Waals surface area (Å²) >= 11 is 0. The van der Waals surface area contributed by atoms with Crippen LogP contribution in [0.1, 0.15) is 36.0 Å². The minimum atomic E-state index is -3.56. The number of carbonyl (C=O) groups is 1. The molecule has 1 aliphatic heterocycles. The zero-order chi connectivity index (χ0) is 16.4. The lowest BCUT2D eigenvalue weighted by Gasteiger charge is -2.21. The first-order chi connectivity index (χ1) is 11.0. The molecule has 0 atom stereocenters. The van der Waals surface area contributed by atoms with Crippen molar-refractivity contribution in [3.05, 3.63) is 42.0 Å². The lowest BCUT2D eigenvalue weighted by atomic mass is 10.1. The maximum absolute atomic E-state index is 13.0.